The minimum Gasteiger partial charge on any atom is -0.362 e. The third-order valence-corrected chi connectivity index (χ3v) is 5.06. The largest absolute Gasteiger partial charge is 0.362 e. The van der Waals surface area contributed by atoms with Crippen molar-refractivity contribution in [3.05, 3.63) is 69.1 Å². The second-order valence-electron chi connectivity index (χ2n) is 6.99. The fourth-order valence-electron chi connectivity index (χ4n) is 3.80. The molecule has 0 aliphatic carbocycles. The highest BCUT2D eigenvalue weighted by molar-refractivity contribution is 5.95. The van der Waals surface area contributed by atoms with E-state index in [1.165, 1.54) is 11.6 Å². The van der Waals surface area contributed by atoms with Crippen molar-refractivity contribution in [2.24, 2.45) is 0 Å². The van der Waals surface area contributed by atoms with Crippen LogP contribution < -0.4 is 5.43 Å². The van der Waals surface area contributed by atoms with E-state index in [2.05, 4.69) is 17.1 Å². The summed E-state index contributed by atoms with van der Waals surface area (Å²) in [6.45, 7) is 4.39. The van der Waals surface area contributed by atoms with Gasteiger partial charge in [0.2, 0.25) is 0 Å². The Labute approximate surface area is 148 Å². The summed E-state index contributed by atoms with van der Waals surface area (Å²) in [5.41, 5.74) is 2.88. The molecule has 2 heterocycles. The van der Waals surface area contributed by atoms with Crippen LogP contribution in [0.25, 0.3) is 0 Å². The standard InChI is InChI=1S/C21H26N2O2/c1-15-14-19(24)20(16(2)22-15)21(25)23-13-7-6-10-18(23)12-11-17-8-4-3-5-9-17/h3-5,8-9,14,18H,6-7,10-13H2,1-2H3,(H,22,24)/t18-/m0/s1. The van der Waals surface area contributed by atoms with Crippen LogP contribution >= 0.6 is 0 Å². The Hall–Kier alpha value is -2.36. The Morgan fingerprint density at radius 1 is 1.20 bits per heavy atom. The Balaban J connectivity index is 1.79. The molecule has 1 saturated heterocycles. The predicted molar refractivity (Wildman–Crippen MR) is 100.0 cm³/mol. The molecule has 1 N–H and O–H groups in total. The molecule has 1 aromatic carbocycles. The molecular formula is C21H26N2O2. The number of nitrogens with one attached hydrogen (secondary N) is 1. The number of likely N-dealkylation sites (tertiary alicyclic amines) is 1. The van der Waals surface area contributed by atoms with Crippen LogP contribution in [0.5, 0.6) is 0 Å². The number of piperidine rings is 1. The van der Waals surface area contributed by atoms with Crippen LogP contribution in [-0.4, -0.2) is 28.4 Å². The lowest BCUT2D eigenvalue weighted by Crippen LogP contribution is -2.45. The van der Waals surface area contributed by atoms with Crippen LogP contribution in [0.3, 0.4) is 0 Å². The Morgan fingerprint density at radius 2 is 1.96 bits per heavy atom. The van der Waals surface area contributed by atoms with E-state index >= 15 is 0 Å². The molecule has 1 aliphatic heterocycles. The van der Waals surface area contributed by atoms with Gasteiger partial charge in [0.25, 0.3) is 5.91 Å². The molecule has 1 fully saturated rings. The molecule has 0 radical (unpaired) electrons. The first-order valence-corrected chi connectivity index (χ1v) is 9.11. The summed E-state index contributed by atoms with van der Waals surface area (Å²) in [7, 11) is 0. The van der Waals surface area contributed by atoms with Crippen molar-refractivity contribution in [1.82, 2.24) is 9.88 Å². The number of aromatic amines is 1. The summed E-state index contributed by atoms with van der Waals surface area (Å²) in [6, 6.07) is 12.1. The minimum absolute atomic E-state index is 0.114. The number of nitrogens with zero attached hydrogens (tertiary/aromatic N) is 1. The van der Waals surface area contributed by atoms with Crippen molar-refractivity contribution in [3.8, 4) is 0 Å². The molecule has 0 bridgehead atoms. The summed E-state index contributed by atoms with van der Waals surface area (Å²) >= 11 is 0. The molecule has 25 heavy (non-hydrogen) atoms. The number of aryl methyl sites for hydroxylation is 3. The van der Waals surface area contributed by atoms with E-state index in [9.17, 15) is 9.59 Å². The number of amides is 1. The first-order valence-electron chi connectivity index (χ1n) is 9.11. The molecule has 0 saturated carbocycles. The van der Waals surface area contributed by atoms with Gasteiger partial charge < -0.3 is 9.88 Å². The van der Waals surface area contributed by atoms with Crippen LogP contribution in [-0.2, 0) is 6.42 Å². The van der Waals surface area contributed by atoms with E-state index in [-0.39, 0.29) is 17.4 Å². The molecule has 0 unspecified atom stereocenters. The number of carbonyl (C=O) groups excluding carboxylic acids is 1. The number of carbonyl (C=O) groups is 1. The van der Waals surface area contributed by atoms with Gasteiger partial charge >= 0.3 is 0 Å². The van der Waals surface area contributed by atoms with Gasteiger partial charge in [0.05, 0.1) is 0 Å². The topological polar surface area (TPSA) is 53.2 Å². The van der Waals surface area contributed by atoms with Gasteiger partial charge in [0, 0.05) is 30.0 Å². The zero-order valence-electron chi connectivity index (χ0n) is 15.0. The average molecular weight is 338 g/mol. The third-order valence-electron chi connectivity index (χ3n) is 5.06. The van der Waals surface area contributed by atoms with Gasteiger partial charge in [-0.25, -0.2) is 0 Å². The van der Waals surface area contributed by atoms with Gasteiger partial charge in [-0.1, -0.05) is 30.3 Å². The lowest BCUT2D eigenvalue weighted by Gasteiger charge is -2.36. The van der Waals surface area contributed by atoms with Crippen LogP contribution in [0.1, 0.15) is 53.0 Å². The first kappa shape index (κ1) is 17.5. The zero-order valence-corrected chi connectivity index (χ0v) is 15.0. The summed E-state index contributed by atoms with van der Waals surface area (Å²) in [6.07, 6.45) is 5.07. The quantitative estimate of drug-likeness (QED) is 0.926. The van der Waals surface area contributed by atoms with Gasteiger partial charge in [-0.15, -0.1) is 0 Å². The number of hydrogen-bond acceptors (Lipinski definition) is 2. The van der Waals surface area contributed by atoms with E-state index < -0.39 is 0 Å². The molecule has 4 nitrogen and oxygen atoms in total. The van der Waals surface area contributed by atoms with E-state index in [0.29, 0.717) is 11.3 Å². The average Bonchev–Trinajstić information content (AvgIpc) is 2.60. The van der Waals surface area contributed by atoms with Gasteiger partial charge in [0.15, 0.2) is 5.43 Å². The number of pyridine rings is 1. The van der Waals surface area contributed by atoms with Crippen molar-refractivity contribution in [3.63, 3.8) is 0 Å². The number of aromatic nitrogens is 1. The molecule has 4 heteroatoms. The molecule has 1 atom stereocenters. The smallest absolute Gasteiger partial charge is 0.259 e. The van der Waals surface area contributed by atoms with Gasteiger partial charge in [-0.2, -0.15) is 0 Å². The van der Waals surface area contributed by atoms with E-state index in [1.807, 2.05) is 36.9 Å². The maximum atomic E-state index is 13.1. The molecule has 1 aromatic heterocycles. The minimum atomic E-state index is -0.175. The molecular weight excluding hydrogens is 312 g/mol. The van der Waals surface area contributed by atoms with Crippen LogP contribution in [0, 0.1) is 13.8 Å². The predicted octanol–water partition coefficient (Wildman–Crippen LogP) is 3.62. The van der Waals surface area contributed by atoms with E-state index in [4.69, 9.17) is 0 Å². The summed E-state index contributed by atoms with van der Waals surface area (Å²) in [5.74, 6) is -0.114. The molecule has 1 amide bonds. The van der Waals surface area contributed by atoms with E-state index in [0.717, 1.165) is 44.3 Å². The highest BCUT2D eigenvalue weighted by Crippen LogP contribution is 2.23. The normalized spacial score (nSPS) is 17.5. The Bertz CT molecular complexity index is 795. The number of benzene rings is 1. The highest BCUT2D eigenvalue weighted by atomic mass is 16.2. The lowest BCUT2D eigenvalue weighted by atomic mass is 9.95. The van der Waals surface area contributed by atoms with Gasteiger partial charge in [-0.3, -0.25) is 9.59 Å². The molecule has 1 aliphatic rings. The Morgan fingerprint density at radius 3 is 2.68 bits per heavy atom. The fourth-order valence-corrected chi connectivity index (χ4v) is 3.80. The lowest BCUT2D eigenvalue weighted by molar-refractivity contribution is 0.0599. The number of H-pyrrole nitrogens is 1. The summed E-state index contributed by atoms with van der Waals surface area (Å²) in [4.78, 5) is 30.5. The maximum absolute atomic E-state index is 13.1. The first-order chi connectivity index (χ1) is 12.1. The van der Waals surface area contributed by atoms with Gasteiger partial charge in [-0.05, 0) is 51.5 Å². The monoisotopic (exact) mass is 338 g/mol. The summed E-state index contributed by atoms with van der Waals surface area (Å²) < 4.78 is 0. The van der Waals surface area contributed by atoms with Crippen LogP contribution in [0.2, 0.25) is 0 Å². The van der Waals surface area contributed by atoms with E-state index in [1.54, 1.807) is 0 Å². The number of hydrogen-bond donors (Lipinski definition) is 1. The molecule has 2 aromatic rings. The number of rotatable bonds is 4. The van der Waals surface area contributed by atoms with Crippen molar-refractivity contribution in [2.45, 2.75) is 52.0 Å². The molecule has 132 valence electrons. The second-order valence-corrected chi connectivity index (χ2v) is 6.99. The molecule has 0 spiro atoms. The second kappa shape index (κ2) is 7.68. The maximum Gasteiger partial charge on any atom is 0.259 e. The Kier molecular flexibility index (Phi) is 5.37. The zero-order chi connectivity index (χ0) is 17.8. The molecule has 3 rings (SSSR count). The fraction of sp³-hybridized carbons (Fsp3) is 0.429. The highest BCUT2D eigenvalue weighted by Gasteiger charge is 2.29. The van der Waals surface area contributed by atoms with Crippen molar-refractivity contribution < 1.29 is 4.79 Å². The van der Waals surface area contributed by atoms with Gasteiger partial charge in [0.1, 0.15) is 5.56 Å². The van der Waals surface area contributed by atoms with Crippen LogP contribution in [0.4, 0.5) is 0 Å². The van der Waals surface area contributed by atoms with Crippen LogP contribution in [0.15, 0.2) is 41.2 Å². The van der Waals surface area contributed by atoms with Crippen molar-refractivity contribution in [2.75, 3.05) is 6.54 Å². The van der Waals surface area contributed by atoms with Crippen molar-refractivity contribution >= 4 is 5.91 Å². The van der Waals surface area contributed by atoms with Crippen molar-refractivity contribution in [1.29, 1.82) is 0 Å². The SMILES string of the molecule is Cc1cc(=O)c(C(=O)N2CCCC[C@H]2CCc2ccccc2)c(C)[nH]1. The third kappa shape index (κ3) is 4.01. The summed E-state index contributed by atoms with van der Waals surface area (Å²) in [5, 5.41) is 0.